The molecule has 0 atom stereocenters. The molecule has 2 aromatic rings. The molecule has 0 amide bonds. The Labute approximate surface area is 194 Å². The molecule has 0 fully saturated rings. The van der Waals surface area contributed by atoms with Crippen LogP contribution in [0.5, 0.6) is 23.0 Å². The third kappa shape index (κ3) is 8.46. The van der Waals surface area contributed by atoms with Gasteiger partial charge in [0.05, 0.1) is 26.7 Å². The Bertz CT molecular complexity index is 996. The van der Waals surface area contributed by atoms with Gasteiger partial charge < -0.3 is 24.7 Å². The molecule has 7 heteroatoms. The van der Waals surface area contributed by atoms with E-state index in [2.05, 4.69) is 0 Å². The maximum absolute atomic E-state index is 12.2. The van der Waals surface area contributed by atoms with Gasteiger partial charge in [-0.05, 0) is 61.4 Å². The van der Waals surface area contributed by atoms with Gasteiger partial charge in [-0.1, -0.05) is 24.3 Å². The highest BCUT2D eigenvalue weighted by Crippen LogP contribution is 2.29. The first-order valence-corrected chi connectivity index (χ1v) is 10.8. The van der Waals surface area contributed by atoms with Gasteiger partial charge in [0.25, 0.3) is 0 Å². The van der Waals surface area contributed by atoms with Gasteiger partial charge in [0.1, 0.15) is 6.61 Å². The number of hydrogen-bond donors (Lipinski definition) is 1. The second kappa shape index (κ2) is 13.8. The summed E-state index contributed by atoms with van der Waals surface area (Å²) in [7, 11) is 1.55. The van der Waals surface area contributed by atoms with Crippen LogP contribution in [0, 0.1) is 0 Å². The fraction of sp³-hybridized carbons (Fsp3) is 0.308. The minimum Gasteiger partial charge on any atom is -0.493 e. The molecule has 33 heavy (non-hydrogen) atoms. The molecule has 0 aromatic heterocycles. The van der Waals surface area contributed by atoms with Crippen LogP contribution in [-0.2, 0) is 9.59 Å². The first-order valence-electron chi connectivity index (χ1n) is 10.8. The Morgan fingerprint density at radius 2 is 1.30 bits per heavy atom. The number of hydrogen-bond acceptors (Lipinski definition) is 7. The minimum absolute atomic E-state index is 0.227. The van der Waals surface area contributed by atoms with Gasteiger partial charge in [-0.15, -0.1) is 0 Å². The maximum Gasteiger partial charge on any atom is 0.163 e. The Hall–Kier alpha value is -3.58. The fourth-order valence-corrected chi connectivity index (χ4v) is 2.92. The standard InChI is InChI=1S/C26H31NO6/c1-4-31-24-13-9-20(17-26(24)32-5-2)7-11-22(29)18-21(28)10-6-19-8-12-23(30-3)25(16-19)33-15-14-27/h6-13,16-17H,4-5,14-15,18,27H2,1-3H3/b10-6+,11-7+. The van der Waals surface area contributed by atoms with Crippen molar-refractivity contribution in [2.45, 2.75) is 20.3 Å². The van der Waals surface area contributed by atoms with E-state index >= 15 is 0 Å². The zero-order valence-corrected chi connectivity index (χ0v) is 19.3. The van der Waals surface area contributed by atoms with Crippen molar-refractivity contribution in [1.82, 2.24) is 0 Å². The van der Waals surface area contributed by atoms with Gasteiger partial charge in [0.2, 0.25) is 0 Å². The average molecular weight is 454 g/mol. The Morgan fingerprint density at radius 1 is 0.788 bits per heavy atom. The Balaban J connectivity index is 1.99. The van der Waals surface area contributed by atoms with Crippen LogP contribution in [0.15, 0.2) is 48.6 Å². The van der Waals surface area contributed by atoms with Crippen LogP contribution in [-0.4, -0.2) is 45.0 Å². The van der Waals surface area contributed by atoms with Crippen LogP contribution in [0.25, 0.3) is 12.2 Å². The predicted octanol–water partition coefficient (Wildman–Crippen LogP) is 4.09. The summed E-state index contributed by atoms with van der Waals surface area (Å²) in [4.78, 5) is 24.5. The lowest BCUT2D eigenvalue weighted by atomic mass is 10.1. The summed E-state index contributed by atoms with van der Waals surface area (Å²) in [5, 5.41) is 0. The largest absolute Gasteiger partial charge is 0.493 e. The summed E-state index contributed by atoms with van der Waals surface area (Å²) in [6.45, 7) is 5.55. The molecule has 0 unspecified atom stereocenters. The molecular formula is C26H31NO6. The zero-order chi connectivity index (χ0) is 24.1. The first kappa shape index (κ1) is 25.7. The molecule has 0 saturated carbocycles. The van der Waals surface area contributed by atoms with Gasteiger partial charge in [0.15, 0.2) is 34.6 Å². The summed E-state index contributed by atoms with van der Waals surface area (Å²) in [6.07, 6.45) is 5.83. The molecule has 0 aliphatic carbocycles. The second-order valence-electron chi connectivity index (χ2n) is 6.90. The number of ketones is 2. The van der Waals surface area contributed by atoms with E-state index in [0.29, 0.717) is 49.4 Å². The van der Waals surface area contributed by atoms with E-state index in [1.165, 1.54) is 12.2 Å². The summed E-state index contributed by atoms with van der Waals surface area (Å²) < 4.78 is 21.9. The summed E-state index contributed by atoms with van der Waals surface area (Å²) >= 11 is 0. The number of carbonyl (C=O) groups is 2. The number of allylic oxidation sites excluding steroid dienone is 2. The number of methoxy groups -OCH3 is 1. The number of nitrogens with two attached hydrogens (primary N) is 1. The lowest BCUT2D eigenvalue weighted by Gasteiger charge is -2.11. The molecule has 0 aliphatic heterocycles. The predicted molar refractivity (Wildman–Crippen MR) is 129 cm³/mol. The quantitative estimate of drug-likeness (QED) is 0.340. The van der Waals surface area contributed by atoms with Crippen molar-refractivity contribution < 1.29 is 28.5 Å². The van der Waals surface area contributed by atoms with Crippen LogP contribution in [0.1, 0.15) is 31.4 Å². The molecule has 176 valence electrons. The maximum atomic E-state index is 12.2. The highest BCUT2D eigenvalue weighted by molar-refractivity contribution is 6.10. The first-order chi connectivity index (χ1) is 16.0. The number of rotatable bonds is 14. The molecule has 0 saturated heterocycles. The van der Waals surface area contributed by atoms with Crippen molar-refractivity contribution >= 4 is 23.7 Å². The fourth-order valence-electron chi connectivity index (χ4n) is 2.92. The van der Waals surface area contributed by atoms with Crippen molar-refractivity contribution in [3.63, 3.8) is 0 Å². The van der Waals surface area contributed by atoms with Gasteiger partial charge in [0, 0.05) is 6.54 Å². The van der Waals surface area contributed by atoms with Crippen molar-refractivity contribution in [3.05, 3.63) is 59.7 Å². The topological polar surface area (TPSA) is 97.1 Å². The van der Waals surface area contributed by atoms with E-state index in [-0.39, 0.29) is 18.0 Å². The van der Waals surface area contributed by atoms with Crippen molar-refractivity contribution in [2.75, 3.05) is 33.5 Å². The van der Waals surface area contributed by atoms with E-state index in [9.17, 15) is 9.59 Å². The van der Waals surface area contributed by atoms with Crippen LogP contribution in [0.3, 0.4) is 0 Å². The summed E-state index contributed by atoms with van der Waals surface area (Å²) in [5.41, 5.74) is 7.00. The molecule has 7 nitrogen and oxygen atoms in total. The second-order valence-corrected chi connectivity index (χ2v) is 6.90. The van der Waals surface area contributed by atoms with Crippen LogP contribution < -0.4 is 24.7 Å². The highest BCUT2D eigenvalue weighted by Gasteiger charge is 2.08. The normalized spacial score (nSPS) is 11.0. The molecule has 2 aromatic carbocycles. The van der Waals surface area contributed by atoms with E-state index < -0.39 is 0 Å². The molecule has 0 aliphatic rings. The van der Waals surface area contributed by atoms with Crippen LogP contribution in [0.4, 0.5) is 0 Å². The average Bonchev–Trinajstić information content (AvgIpc) is 2.81. The monoisotopic (exact) mass is 453 g/mol. The lowest BCUT2D eigenvalue weighted by molar-refractivity contribution is -0.121. The van der Waals surface area contributed by atoms with E-state index in [4.69, 9.17) is 24.7 Å². The Morgan fingerprint density at radius 3 is 1.82 bits per heavy atom. The van der Waals surface area contributed by atoms with Crippen LogP contribution >= 0.6 is 0 Å². The van der Waals surface area contributed by atoms with Crippen molar-refractivity contribution in [2.24, 2.45) is 5.73 Å². The lowest BCUT2D eigenvalue weighted by Crippen LogP contribution is -2.11. The summed E-state index contributed by atoms with van der Waals surface area (Å²) in [6, 6.07) is 10.7. The molecule has 0 bridgehead atoms. The van der Waals surface area contributed by atoms with E-state index in [0.717, 1.165) is 11.1 Å². The van der Waals surface area contributed by atoms with Gasteiger partial charge in [-0.3, -0.25) is 9.59 Å². The summed E-state index contributed by atoms with van der Waals surface area (Å²) in [5.74, 6) is 1.79. The van der Waals surface area contributed by atoms with E-state index in [1.54, 1.807) is 49.6 Å². The number of carbonyl (C=O) groups excluding carboxylic acids is 2. The number of benzene rings is 2. The van der Waals surface area contributed by atoms with Crippen molar-refractivity contribution in [3.8, 4) is 23.0 Å². The van der Waals surface area contributed by atoms with Crippen LogP contribution in [0.2, 0.25) is 0 Å². The van der Waals surface area contributed by atoms with Crippen molar-refractivity contribution in [1.29, 1.82) is 0 Å². The zero-order valence-electron chi connectivity index (χ0n) is 19.3. The minimum atomic E-state index is -0.299. The third-order valence-electron chi connectivity index (χ3n) is 4.40. The number of ether oxygens (including phenoxy) is 4. The SMILES string of the molecule is CCOc1ccc(/C=C/C(=O)CC(=O)/C=C/c2ccc(OC)c(OCCN)c2)cc1OCC. The molecule has 0 radical (unpaired) electrons. The van der Waals surface area contributed by atoms with E-state index in [1.807, 2.05) is 19.9 Å². The van der Waals surface area contributed by atoms with Gasteiger partial charge >= 0.3 is 0 Å². The van der Waals surface area contributed by atoms with Gasteiger partial charge in [-0.2, -0.15) is 0 Å². The molecule has 2 N–H and O–H groups in total. The van der Waals surface area contributed by atoms with Gasteiger partial charge in [-0.25, -0.2) is 0 Å². The Kier molecular flexibility index (Phi) is 10.7. The smallest absolute Gasteiger partial charge is 0.163 e. The highest BCUT2D eigenvalue weighted by atomic mass is 16.5. The molecule has 0 spiro atoms. The molecular weight excluding hydrogens is 422 g/mol. The molecule has 0 heterocycles. The third-order valence-corrected chi connectivity index (χ3v) is 4.40. The molecule has 2 rings (SSSR count).